The first-order chi connectivity index (χ1) is 9.10. The lowest BCUT2D eigenvalue weighted by Gasteiger charge is -2.27. The molecule has 2 heterocycles. The summed E-state index contributed by atoms with van der Waals surface area (Å²) in [5, 5.41) is 11.3. The fourth-order valence-electron chi connectivity index (χ4n) is 2.35. The van der Waals surface area contributed by atoms with E-state index >= 15 is 0 Å². The lowest BCUT2D eigenvalue weighted by Crippen LogP contribution is -2.28. The number of hydrogen-bond acceptors (Lipinski definition) is 5. The molecule has 0 amide bonds. The summed E-state index contributed by atoms with van der Waals surface area (Å²) >= 11 is 1.54. The van der Waals surface area contributed by atoms with Crippen molar-refractivity contribution in [2.24, 2.45) is 10.9 Å². The molecule has 0 N–H and O–H groups in total. The number of aliphatic imine (C=N–C) groups is 1. The summed E-state index contributed by atoms with van der Waals surface area (Å²) in [4.78, 5) is 17.3. The highest BCUT2D eigenvalue weighted by Crippen LogP contribution is 2.40. The third-order valence-electron chi connectivity index (χ3n) is 3.22. The van der Waals surface area contributed by atoms with Crippen molar-refractivity contribution in [3.8, 4) is 6.07 Å². The summed E-state index contributed by atoms with van der Waals surface area (Å²) in [5.41, 5.74) is 1.86. The van der Waals surface area contributed by atoms with E-state index in [0.29, 0.717) is 11.3 Å². The maximum atomic E-state index is 12.0. The third kappa shape index (κ3) is 2.32. The van der Waals surface area contributed by atoms with Gasteiger partial charge in [-0.1, -0.05) is 6.07 Å². The standard InChI is InChI=1S/C14H14N2O2S/c1-8-10(7-15)13(11-5-4-6-19-11)12(9(2)16-8)14(17)18-3/h4-6,10,13H,1-3H3/t10?,13-/m1/s1. The fraction of sp³-hybridized carbons (Fsp3) is 0.357. The number of esters is 1. The third-order valence-corrected chi connectivity index (χ3v) is 4.18. The van der Waals surface area contributed by atoms with E-state index in [1.54, 1.807) is 6.92 Å². The number of nitrogens with zero attached hydrogens (tertiary/aromatic N) is 2. The minimum atomic E-state index is -0.420. The molecule has 5 heteroatoms. The molecule has 0 fully saturated rings. The van der Waals surface area contributed by atoms with Crippen LogP contribution in [0.5, 0.6) is 0 Å². The SMILES string of the molecule is COC(=O)C1=C(C)N=C(C)C(C#N)[C@@H]1c1cccs1. The van der Waals surface area contributed by atoms with Gasteiger partial charge in [0, 0.05) is 22.2 Å². The summed E-state index contributed by atoms with van der Waals surface area (Å²) in [6.07, 6.45) is 0. The van der Waals surface area contributed by atoms with Crippen LogP contribution in [0.4, 0.5) is 0 Å². The van der Waals surface area contributed by atoms with Crippen LogP contribution in [0.15, 0.2) is 33.8 Å². The summed E-state index contributed by atoms with van der Waals surface area (Å²) in [6.45, 7) is 3.61. The van der Waals surface area contributed by atoms with Crippen LogP contribution in [0.1, 0.15) is 24.6 Å². The molecule has 1 aliphatic rings. The molecule has 4 nitrogen and oxygen atoms in total. The Morgan fingerprint density at radius 1 is 1.53 bits per heavy atom. The van der Waals surface area contributed by atoms with Crippen LogP contribution < -0.4 is 0 Å². The van der Waals surface area contributed by atoms with Gasteiger partial charge in [0.2, 0.25) is 0 Å². The summed E-state index contributed by atoms with van der Waals surface area (Å²) in [7, 11) is 1.35. The molecule has 1 aliphatic heterocycles. The van der Waals surface area contributed by atoms with E-state index in [9.17, 15) is 10.1 Å². The summed E-state index contributed by atoms with van der Waals surface area (Å²) in [6, 6.07) is 6.11. The van der Waals surface area contributed by atoms with Crippen LogP contribution in [-0.2, 0) is 9.53 Å². The summed E-state index contributed by atoms with van der Waals surface area (Å²) < 4.78 is 4.85. The second-order valence-electron chi connectivity index (χ2n) is 4.34. The Labute approximate surface area is 116 Å². The highest BCUT2D eigenvalue weighted by Gasteiger charge is 2.38. The van der Waals surface area contributed by atoms with Gasteiger partial charge in [-0.15, -0.1) is 11.3 Å². The van der Waals surface area contributed by atoms with Crippen LogP contribution in [0.25, 0.3) is 0 Å². The average Bonchev–Trinajstić information content (AvgIpc) is 2.90. The Hall–Kier alpha value is -1.93. The van der Waals surface area contributed by atoms with E-state index in [0.717, 1.165) is 10.6 Å². The molecule has 0 aromatic carbocycles. The molecule has 0 saturated heterocycles. The second-order valence-corrected chi connectivity index (χ2v) is 5.32. The molecule has 2 atom stereocenters. The lowest BCUT2D eigenvalue weighted by molar-refractivity contribution is -0.136. The molecule has 1 aromatic heterocycles. The Morgan fingerprint density at radius 3 is 2.79 bits per heavy atom. The van der Waals surface area contributed by atoms with Crippen LogP contribution in [0.3, 0.4) is 0 Å². The number of rotatable bonds is 2. The molecular weight excluding hydrogens is 260 g/mol. The highest BCUT2D eigenvalue weighted by atomic mass is 32.1. The largest absolute Gasteiger partial charge is 0.466 e. The molecule has 0 saturated carbocycles. The van der Waals surface area contributed by atoms with Crippen molar-refractivity contribution in [3.63, 3.8) is 0 Å². The quantitative estimate of drug-likeness (QED) is 0.779. The second kappa shape index (κ2) is 5.37. The molecule has 2 rings (SSSR count). The fourth-order valence-corrected chi connectivity index (χ4v) is 3.23. The first kappa shape index (κ1) is 13.5. The zero-order valence-electron chi connectivity index (χ0n) is 11.0. The number of methoxy groups -OCH3 is 1. The number of carbonyl (C=O) groups excluding carboxylic acids is 1. The van der Waals surface area contributed by atoms with Gasteiger partial charge in [0.15, 0.2) is 0 Å². The van der Waals surface area contributed by atoms with E-state index in [4.69, 9.17) is 4.74 Å². The molecule has 1 aromatic rings. The number of hydrogen-bond donors (Lipinski definition) is 0. The van der Waals surface area contributed by atoms with Crippen molar-refractivity contribution in [2.45, 2.75) is 19.8 Å². The molecule has 98 valence electrons. The van der Waals surface area contributed by atoms with Crippen LogP contribution in [0, 0.1) is 17.2 Å². The maximum absolute atomic E-state index is 12.0. The number of allylic oxidation sites excluding steroid dienone is 1. The molecule has 0 spiro atoms. The van der Waals surface area contributed by atoms with Gasteiger partial charge in [-0.25, -0.2) is 4.79 Å². The normalized spacial score (nSPS) is 22.7. The summed E-state index contributed by atoms with van der Waals surface area (Å²) in [5.74, 6) is -1.11. The van der Waals surface area contributed by atoms with Crippen molar-refractivity contribution >= 4 is 23.0 Å². The van der Waals surface area contributed by atoms with E-state index in [1.807, 2.05) is 24.4 Å². The first-order valence-corrected chi connectivity index (χ1v) is 6.75. The molecule has 0 radical (unpaired) electrons. The van der Waals surface area contributed by atoms with E-state index < -0.39 is 11.9 Å². The number of carbonyl (C=O) groups is 1. The number of nitriles is 1. The zero-order chi connectivity index (χ0) is 14.0. The van der Waals surface area contributed by atoms with Crippen molar-refractivity contribution < 1.29 is 9.53 Å². The van der Waals surface area contributed by atoms with Gasteiger partial charge < -0.3 is 4.74 Å². The van der Waals surface area contributed by atoms with Gasteiger partial charge in [0.05, 0.1) is 24.7 Å². The van der Waals surface area contributed by atoms with E-state index in [1.165, 1.54) is 18.4 Å². The topological polar surface area (TPSA) is 62.4 Å². The Kier molecular flexibility index (Phi) is 3.82. The average molecular weight is 274 g/mol. The zero-order valence-corrected chi connectivity index (χ0v) is 11.8. The van der Waals surface area contributed by atoms with E-state index in [2.05, 4.69) is 11.1 Å². The van der Waals surface area contributed by atoms with Gasteiger partial charge in [0.1, 0.15) is 0 Å². The van der Waals surface area contributed by atoms with E-state index in [-0.39, 0.29) is 5.92 Å². The van der Waals surface area contributed by atoms with Gasteiger partial charge >= 0.3 is 5.97 Å². The van der Waals surface area contributed by atoms with Crippen LogP contribution in [0.2, 0.25) is 0 Å². The minimum absolute atomic E-state index is 0.282. The Bertz CT molecular complexity index is 593. The maximum Gasteiger partial charge on any atom is 0.336 e. The number of thiophene rings is 1. The molecular formula is C14H14N2O2S. The molecule has 0 aliphatic carbocycles. The lowest BCUT2D eigenvalue weighted by atomic mass is 9.80. The van der Waals surface area contributed by atoms with Crippen molar-refractivity contribution in [3.05, 3.63) is 33.7 Å². The van der Waals surface area contributed by atoms with Crippen molar-refractivity contribution in [1.82, 2.24) is 0 Å². The van der Waals surface area contributed by atoms with Crippen LogP contribution in [-0.4, -0.2) is 18.8 Å². The molecule has 0 bridgehead atoms. The smallest absolute Gasteiger partial charge is 0.336 e. The number of ether oxygens (including phenoxy) is 1. The van der Waals surface area contributed by atoms with Crippen molar-refractivity contribution in [2.75, 3.05) is 7.11 Å². The molecule has 19 heavy (non-hydrogen) atoms. The Morgan fingerprint density at radius 2 is 2.26 bits per heavy atom. The Balaban J connectivity index is 2.60. The predicted molar refractivity (Wildman–Crippen MR) is 74.0 cm³/mol. The van der Waals surface area contributed by atoms with Gasteiger partial charge in [-0.05, 0) is 25.3 Å². The minimum Gasteiger partial charge on any atom is -0.466 e. The monoisotopic (exact) mass is 274 g/mol. The first-order valence-electron chi connectivity index (χ1n) is 5.87. The molecule has 1 unspecified atom stereocenters. The van der Waals surface area contributed by atoms with Crippen molar-refractivity contribution in [1.29, 1.82) is 5.26 Å². The van der Waals surface area contributed by atoms with Gasteiger partial charge in [0.25, 0.3) is 0 Å². The van der Waals surface area contributed by atoms with Crippen LogP contribution >= 0.6 is 11.3 Å². The highest BCUT2D eigenvalue weighted by molar-refractivity contribution is 7.10. The predicted octanol–water partition coefficient (Wildman–Crippen LogP) is 2.89. The van der Waals surface area contributed by atoms with Gasteiger partial charge in [-0.3, -0.25) is 4.99 Å². The van der Waals surface area contributed by atoms with Gasteiger partial charge in [-0.2, -0.15) is 5.26 Å².